The van der Waals surface area contributed by atoms with Gasteiger partial charge in [0.15, 0.2) is 23.1 Å². The van der Waals surface area contributed by atoms with Crippen molar-refractivity contribution in [3.05, 3.63) is 35.3 Å². The number of benzene rings is 1. The Labute approximate surface area is 172 Å². The third kappa shape index (κ3) is 5.10. The summed E-state index contributed by atoms with van der Waals surface area (Å²) in [6.45, 7) is 3.92. The summed E-state index contributed by atoms with van der Waals surface area (Å²) in [7, 11) is 6.95. The molecule has 0 aliphatic rings. The van der Waals surface area contributed by atoms with Crippen molar-refractivity contribution in [2.75, 3.05) is 33.1 Å². The molecule has 0 saturated carbocycles. The van der Waals surface area contributed by atoms with E-state index in [1.54, 1.807) is 26.4 Å². The monoisotopic (exact) mass is 394 g/mol. The summed E-state index contributed by atoms with van der Waals surface area (Å²) in [6.07, 6.45) is 5.44. The number of rotatable bonds is 6. The number of terminal acetylenes is 1. The fraction of sp³-hybridized carbons (Fsp3) is 0.364. The van der Waals surface area contributed by atoms with E-state index in [9.17, 15) is 4.79 Å². The van der Waals surface area contributed by atoms with Crippen LogP contribution in [-0.4, -0.2) is 48.2 Å². The van der Waals surface area contributed by atoms with E-state index in [0.717, 1.165) is 11.3 Å². The number of hydrogen-bond acceptors (Lipinski definition) is 5. The number of imidazole rings is 1. The number of amides is 1. The molecule has 1 heterocycles. The van der Waals surface area contributed by atoms with Gasteiger partial charge in [-0.25, -0.2) is 4.98 Å². The Kier molecular flexibility index (Phi) is 7.30. The molecule has 0 radical (unpaired) electrons. The van der Waals surface area contributed by atoms with E-state index >= 15 is 0 Å². The second kappa shape index (κ2) is 9.68. The molecule has 29 heavy (non-hydrogen) atoms. The lowest BCUT2D eigenvalue weighted by atomic mass is 10.2. The van der Waals surface area contributed by atoms with Crippen LogP contribution in [0.4, 0.5) is 5.82 Å². The number of nitrogens with one attached hydrogen (secondary N) is 1. The van der Waals surface area contributed by atoms with Crippen molar-refractivity contribution in [1.82, 2.24) is 14.5 Å². The second-order valence-electron chi connectivity index (χ2n) is 6.52. The van der Waals surface area contributed by atoms with Crippen molar-refractivity contribution in [2.24, 2.45) is 7.05 Å². The Morgan fingerprint density at radius 1 is 1.31 bits per heavy atom. The number of carbonyl (C=O) groups excluding carboxylic acids is 1. The number of anilines is 1. The number of aromatic nitrogens is 2. The second-order valence-corrected chi connectivity index (χ2v) is 6.52. The zero-order valence-corrected chi connectivity index (χ0v) is 17.7. The predicted molar refractivity (Wildman–Crippen MR) is 113 cm³/mol. The summed E-state index contributed by atoms with van der Waals surface area (Å²) in [6, 6.07) is 5.37. The molecule has 0 saturated heterocycles. The fourth-order valence-corrected chi connectivity index (χ4v) is 2.89. The highest BCUT2D eigenvalue weighted by Crippen LogP contribution is 2.28. The molecular formula is C22H26N4O3. The third-order valence-corrected chi connectivity index (χ3v) is 4.53. The van der Waals surface area contributed by atoms with Gasteiger partial charge in [0.1, 0.15) is 0 Å². The average Bonchev–Trinajstić information content (AvgIpc) is 2.99. The van der Waals surface area contributed by atoms with Crippen LogP contribution in [0.25, 0.3) is 0 Å². The van der Waals surface area contributed by atoms with E-state index < -0.39 is 0 Å². The zero-order valence-electron chi connectivity index (χ0n) is 17.7. The summed E-state index contributed by atoms with van der Waals surface area (Å²) < 4.78 is 12.4. The Bertz CT molecular complexity index is 992. The van der Waals surface area contributed by atoms with Crippen LogP contribution in [0, 0.1) is 24.2 Å². The topological polar surface area (TPSA) is 68.6 Å². The summed E-state index contributed by atoms with van der Waals surface area (Å²) in [4.78, 5) is 18.2. The van der Waals surface area contributed by atoms with E-state index in [-0.39, 0.29) is 11.9 Å². The van der Waals surface area contributed by atoms with Gasteiger partial charge in [-0.1, -0.05) is 11.8 Å². The van der Waals surface area contributed by atoms with Crippen LogP contribution < -0.4 is 14.8 Å². The van der Waals surface area contributed by atoms with E-state index in [0.29, 0.717) is 29.7 Å². The summed E-state index contributed by atoms with van der Waals surface area (Å²) >= 11 is 0. The van der Waals surface area contributed by atoms with E-state index in [1.807, 2.05) is 36.6 Å². The maximum atomic E-state index is 11.6. The van der Waals surface area contributed by atoms with Gasteiger partial charge >= 0.3 is 0 Å². The number of ether oxygens (including phenoxy) is 2. The summed E-state index contributed by atoms with van der Waals surface area (Å²) in [5.74, 6) is 10.8. The highest BCUT2D eigenvalue weighted by molar-refractivity contribution is 5.88. The predicted octanol–water partition coefficient (Wildman–Crippen LogP) is 2.42. The molecule has 7 heteroatoms. The van der Waals surface area contributed by atoms with Crippen LogP contribution in [-0.2, 0) is 11.8 Å². The van der Waals surface area contributed by atoms with Crippen molar-refractivity contribution in [2.45, 2.75) is 19.9 Å². The first-order chi connectivity index (χ1) is 13.8. The third-order valence-electron chi connectivity index (χ3n) is 4.53. The number of methoxy groups -OCH3 is 2. The molecule has 1 unspecified atom stereocenters. The number of carbonyl (C=O) groups is 1. The van der Waals surface area contributed by atoms with Crippen molar-refractivity contribution < 1.29 is 14.3 Å². The molecule has 1 N–H and O–H groups in total. The first-order valence-electron chi connectivity index (χ1n) is 9.04. The largest absolute Gasteiger partial charge is 0.493 e. The standard InChI is InChI=1S/C22H26N4O3/c1-8-13-25(4)15(2)21-22(23-16(3)27)24-20(26(21)5)12-10-17-9-11-18(28-6)19(14-17)29-7/h1,9,11,14-15H,13H2,2-7H3,(H,23,27). The van der Waals surface area contributed by atoms with Crippen LogP contribution in [0.3, 0.4) is 0 Å². The minimum absolute atomic E-state index is 0.0676. The minimum atomic E-state index is -0.199. The van der Waals surface area contributed by atoms with Gasteiger partial charge in [-0.15, -0.1) is 6.42 Å². The van der Waals surface area contributed by atoms with E-state index in [2.05, 4.69) is 28.1 Å². The maximum Gasteiger partial charge on any atom is 0.222 e. The molecule has 7 nitrogen and oxygen atoms in total. The average molecular weight is 394 g/mol. The number of hydrogen-bond donors (Lipinski definition) is 1. The van der Waals surface area contributed by atoms with Gasteiger partial charge in [0.05, 0.1) is 32.5 Å². The Hall–Kier alpha value is -3.42. The Balaban J connectivity index is 2.46. The molecule has 0 spiro atoms. The zero-order chi connectivity index (χ0) is 21.6. The highest BCUT2D eigenvalue weighted by Gasteiger charge is 2.22. The van der Waals surface area contributed by atoms with Gasteiger partial charge < -0.3 is 19.4 Å². The maximum absolute atomic E-state index is 11.6. The van der Waals surface area contributed by atoms with E-state index in [1.165, 1.54) is 6.92 Å². The van der Waals surface area contributed by atoms with Gasteiger partial charge in [-0.2, -0.15) is 0 Å². The first kappa shape index (κ1) is 21.9. The molecule has 0 aliphatic carbocycles. The minimum Gasteiger partial charge on any atom is -0.493 e. The molecule has 1 amide bonds. The van der Waals surface area contributed by atoms with Crippen LogP contribution in [0.15, 0.2) is 18.2 Å². The lowest BCUT2D eigenvalue weighted by Gasteiger charge is -2.23. The molecule has 1 aromatic carbocycles. The van der Waals surface area contributed by atoms with Crippen molar-refractivity contribution in [3.63, 3.8) is 0 Å². The molecule has 1 aromatic heterocycles. The van der Waals surface area contributed by atoms with Crippen LogP contribution >= 0.6 is 0 Å². The molecule has 152 valence electrons. The smallest absolute Gasteiger partial charge is 0.222 e. The molecule has 0 aliphatic heterocycles. The van der Waals surface area contributed by atoms with Crippen molar-refractivity contribution in [1.29, 1.82) is 0 Å². The first-order valence-corrected chi connectivity index (χ1v) is 9.04. The van der Waals surface area contributed by atoms with E-state index in [4.69, 9.17) is 15.9 Å². The van der Waals surface area contributed by atoms with Crippen molar-refractivity contribution in [3.8, 4) is 35.7 Å². The summed E-state index contributed by atoms with van der Waals surface area (Å²) in [5, 5.41) is 2.79. The van der Waals surface area contributed by atoms with Crippen molar-refractivity contribution >= 4 is 11.7 Å². The molecule has 1 atom stereocenters. The quantitative estimate of drug-likeness (QED) is 0.762. The fourth-order valence-electron chi connectivity index (χ4n) is 2.89. The van der Waals surface area contributed by atoms with Gasteiger partial charge in [0, 0.05) is 19.5 Å². The van der Waals surface area contributed by atoms with Gasteiger partial charge in [-0.05, 0) is 38.1 Å². The molecule has 2 rings (SSSR count). The molecule has 0 fully saturated rings. The SMILES string of the molecule is C#CCN(C)C(C)c1c(NC(C)=O)nc(C#Cc2ccc(OC)c(OC)c2)n1C. The van der Waals surface area contributed by atoms with Gasteiger partial charge in [0.2, 0.25) is 5.91 Å². The van der Waals surface area contributed by atoms with Crippen LogP contribution in [0.2, 0.25) is 0 Å². The van der Waals surface area contributed by atoms with Crippen LogP contribution in [0.5, 0.6) is 11.5 Å². The highest BCUT2D eigenvalue weighted by atomic mass is 16.5. The molecule has 0 bridgehead atoms. The molecule has 2 aromatic rings. The van der Waals surface area contributed by atoms with Gasteiger partial charge in [0.25, 0.3) is 0 Å². The summed E-state index contributed by atoms with van der Waals surface area (Å²) in [5.41, 5.74) is 1.58. The normalized spacial score (nSPS) is 11.2. The lowest BCUT2D eigenvalue weighted by Crippen LogP contribution is -2.25. The lowest BCUT2D eigenvalue weighted by molar-refractivity contribution is -0.114. The number of nitrogens with zero attached hydrogens (tertiary/aromatic N) is 3. The Morgan fingerprint density at radius 2 is 2.00 bits per heavy atom. The Morgan fingerprint density at radius 3 is 2.59 bits per heavy atom. The molecular weight excluding hydrogens is 368 g/mol. The van der Waals surface area contributed by atoms with Crippen LogP contribution in [0.1, 0.15) is 37.0 Å². The van der Waals surface area contributed by atoms with Gasteiger partial charge in [-0.3, -0.25) is 9.69 Å².